The van der Waals surface area contributed by atoms with E-state index in [4.69, 9.17) is 8.83 Å². The smallest absolute Gasteiger partial charge is 0.276 e. The summed E-state index contributed by atoms with van der Waals surface area (Å²) >= 11 is 0. The Morgan fingerprint density at radius 3 is 2.71 bits per heavy atom. The Morgan fingerprint density at radius 2 is 1.96 bits per heavy atom. The topological polar surface area (TPSA) is 89.4 Å². The zero-order valence-corrected chi connectivity index (χ0v) is 13.8. The number of hydrogen-bond donors (Lipinski definition) is 0. The van der Waals surface area contributed by atoms with Crippen LogP contribution in [-0.2, 0) is 23.0 Å². The first-order valence-corrected chi connectivity index (χ1v) is 8.94. The van der Waals surface area contributed by atoms with Crippen LogP contribution in [0.3, 0.4) is 0 Å². The fraction of sp³-hybridized carbons (Fsp3) is 0.250. The maximum absolute atomic E-state index is 12.8. The molecule has 3 heterocycles. The number of nitrogens with zero attached hydrogens (tertiary/aromatic N) is 3. The number of sulfonamides is 1. The van der Waals surface area contributed by atoms with E-state index in [0.717, 1.165) is 5.56 Å². The van der Waals surface area contributed by atoms with E-state index in [1.165, 1.54) is 22.2 Å². The van der Waals surface area contributed by atoms with Gasteiger partial charge in [-0.15, -0.1) is 10.2 Å². The molecule has 0 aliphatic carbocycles. The molecule has 3 aromatic rings. The molecule has 124 valence electrons. The van der Waals surface area contributed by atoms with Gasteiger partial charge in [0.05, 0.1) is 5.56 Å². The van der Waals surface area contributed by atoms with Crippen molar-refractivity contribution in [1.29, 1.82) is 0 Å². The molecule has 0 saturated carbocycles. The third kappa shape index (κ3) is 2.53. The van der Waals surface area contributed by atoms with Crippen molar-refractivity contribution < 1.29 is 17.3 Å². The molecule has 0 unspecified atom stereocenters. The molecule has 0 radical (unpaired) electrons. The van der Waals surface area contributed by atoms with Gasteiger partial charge in [-0.25, -0.2) is 8.42 Å². The first kappa shape index (κ1) is 15.1. The molecular weight excluding hydrogens is 330 g/mol. The molecular formula is C16H15N3O4S. The van der Waals surface area contributed by atoms with Gasteiger partial charge in [0.2, 0.25) is 11.0 Å². The number of rotatable bonds is 3. The largest absolute Gasteiger partial charge is 0.451 e. The van der Waals surface area contributed by atoms with Crippen molar-refractivity contribution in [2.75, 3.05) is 6.54 Å². The minimum absolute atomic E-state index is 0.118. The van der Waals surface area contributed by atoms with Crippen LogP contribution in [-0.4, -0.2) is 29.5 Å². The summed E-state index contributed by atoms with van der Waals surface area (Å²) in [6.07, 6.45) is 2.00. The highest BCUT2D eigenvalue weighted by atomic mass is 32.2. The Balaban J connectivity index is 1.63. The van der Waals surface area contributed by atoms with E-state index in [1.54, 1.807) is 6.92 Å². The van der Waals surface area contributed by atoms with E-state index in [2.05, 4.69) is 10.2 Å². The van der Waals surface area contributed by atoms with Gasteiger partial charge in [0, 0.05) is 26.1 Å². The molecule has 4 rings (SSSR count). The lowest BCUT2D eigenvalue weighted by atomic mass is 10.0. The summed E-state index contributed by atoms with van der Waals surface area (Å²) in [5.74, 6) is 0.643. The van der Waals surface area contributed by atoms with Crippen LogP contribution in [0.1, 0.15) is 17.0 Å². The Hall–Kier alpha value is -2.45. The zero-order valence-electron chi connectivity index (χ0n) is 13.0. The lowest BCUT2D eigenvalue weighted by Crippen LogP contribution is -2.35. The van der Waals surface area contributed by atoms with Crippen LogP contribution in [0.2, 0.25) is 0 Å². The molecule has 8 heteroatoms. The van der Waals surface area contributed by atoms with E-state index in [0.29, 0.717) is 31.0 Å². The lowest BCUT2D eigenvalue weighted by molar-refractivity contribution is 0.365. The molecule has 0 amide bonds. The summed E-state index contributed by atoms with van der Waals surface area (Å²) in [6.45, 7) is 2.43. The number of furan rings is 1. The second-order valence-corrected chi connectivity index (χ2v) is 7.51. The average Bonchev–Trinajstić information content (AvgIpc) is 3.23. The second kappa shape index (κ2) is 5.57. The summed E-state index contributed by atoms with van der Waals surface area (Å²) < 4.78 is 37.6. The van der Waals surface area contributed by atoms with E-state index in [9.17, 15) is 8.42 Å². The Bertz CT molecular complexity index is 990. The highest BCUT2D eigenvalue weighted by molar-refractivity contribution is 7.89. The minimum atomic E-state index is -3.71. The Morgan fingerprint density at radius 1 is 1.17 bits per heavy atom. The van der Waals surface area contributed by atoms with Gasteiger partial charge >= 0.3 is 0 Å². The monoisotopic (exact) mass is 345 g/mol. The van der Waals surface area contributed by atoms with Crippen LogP contribution in [0.5, 0.6) is 0 Å². The number of aromatic nitrogens is 2. The summed E-state index contributed by atoms with van der Waals surface area (Å²) in [6, 6.07) is 9.28. The molecule has 0 atom stereocenters. The summed E-state index contributed by atoms with van der Waals surface area (Å²) in [5.41, 5.74) is 2.66. The number of hydrogen-bond acceptors (Lipinski definition) is 6. The SMILES string of the molecule is Cc1nnc(-c2coc(S(=O)(=O)N3CCc4ccccc4C3)c2)o1. The summed E-state index contributed by atoms with van der Waals surface area (Å²) in [7, 11) is -3.71. The maximum atomic E-state index is 12.8. The van der Waals surface area contributed by atoms with Crippen molar-refractivity contribution in [1.82, 2.24) is 14.5 Å². The molecule has 2 aromatic heterocycles. The standard InChI is InChI=1S/C16H15N3O4S/c1-11-17-18-16(23-11)14-8-15(22-10-14)24(20,21)19-7-6-12-4-2-3-5-13(12)9-19/h2-5,8,10H,6-7,9H2,1H3. The van der Waals surface area contributed by atoms with Crippen LogP contribution in [0, 0.1) is 6.92 Å². The molecule has 0 saturated heterocycles. The third-order valence-corrected chi connectivity index (χ3v) is 5.75. The predicted octanol–water partition coefficient (Wildman–Crippen LogP) is 2.39. The van der Waals surface area contributed by atoms with Crippen LogP contribution in [0.25, 0.3) is 11.5 Å². The first-order chi connectivity index (χ1) is 11.5. The van der Waals surface area contributed by atoms with Crippen LogP contribution in [0.4, 0.5) is 0 Å². The molecule has 0 spiro atoms. The van der Waals surface area contributed by atoms with Gasteiger partial charge in [0.25, 0.3) is 15.9 Å². The van der Waals surface area contributed by atoms with Gasteiger partial charge in [-0.3, -0.25) is 0 Å². The van der Waals surface area contributed by atoms with E-state index in [-0.39, 0.29) is 11.0 Å². The van der Waals surface area contributed by atoms with E-state index >= 15 is 0 Å². The minimum Gasteiger partial charge on any atom is -0.451 e. The normalized spacial score (nSPS) is 15.4. The van der Waals surface area contributed by atoms with Crippen molar-refractivity contribution in [2.24, 2.45) is 0 Å². The quantitative estimate of drug-likeness (QED) is 0.724. The van der Waals surface area contributed by atoms with Gasteiger partial charge in [-0.1, -0.05) is 24.3 Å². The number of aryl methyl sites for hydroxylation is 1. The Kier molecular flexibility index (Phi) is 3.50. The number of benzene rings is 1. The highest BCUT2D eigenvalue weighted by Crippen LogP contribution is 2.28. The molecule has 0 fully saturated rings. The average molecular weight is 345 g/mol. The van der Waals surface area contributed by atoms with Crippen LogP contribution >= 0.6 is 0 Å². The second-order valence-electron chi connectivity index (χ2n) is 5.64. The van der Waals surface area contributed by atoms with E-state index < -0.39 is 10.0 Å². The molecule has 0 bridgehead atoms. The van der Waals surface area contributed by atoms with Crippen molar-refractivity contribution in [3.05, 3.63) is 53.6 Å². The Labute approximate surface area is 139 Å². The molecule has 24 heavy (non-hydrogen) atoms. The van der Waals surface area contributed by atoms with Gasteiger partial charge < -0.3 is 8.83 Å². The van der Waals surface area contributed by atoms with Gasteiger partial charge in [0.15, 0.2) is 0 Å². The summed E-state index contributed by atoms with van der Waals surface area (Å²) in [4.78, 5) is 0. The fourth-order valence-corrected chi connectivity index (χ4v) is 4.12. The first-order valence-electron chi connectivity index (χ1n) is 7.50. The lowest BCUT2D eigenvalue weighted by Gasteiger charge is -2.27. The molecule has 1 aliphatic heterocycles. The van der Waals surface area contributed by atoms with Gasteiger partial charge in [-0.05, 0) is 17.5 Å². The zero-order chi connectivity index (χ0) is 16.7. The molecule has 1 aromatic carbocycles. The maximum Gasteiger partial charge on any atom is 0.276 e. The fourth-order valence-electron chi connectivity index (χ4n) is 2.78. The molecule has 7 nitrogen and oxygen atoms in total. The van der Waals surface area contributed by atoms with Crippen LogP contribution < -0.4 is 0 Å². The predicted molar refractivity (Wildman–Crippen MR) is 84.5 cm³/mol. The number of fused-ring (bicyclic) bond motifs is 1. The van der Waals surface area contributed by atoms with Crippen LogP contribution in [0.15, 0.2) is 50.5 Å². The van der Waals surface area contributed by atoms with Crippen molar-refractivity contribution in [2.45, 2.75) is 25.0 Å². The summed E-state index contributed by atoms with van der Waals surface area (Å²) in [5, 5.41) is 7.48. The van der Waals surface area contributed by atoms with Crippen molar-refractivity contribution in [3.63, 3.8) is 0 Å². The molecule has 1 aliphatic rings. The highest BCUT2D eigenvalue weighted by Gasteiger charge is 2.31. The van der Waals surface area contributed by atoms with E-state index in [1.807, 2.05) is 24.3 Å². The van der Waals surface area contributed by atoms with Gasteiger partial charge in [-0.2, -0.15) is 4.31 Å². The van der Waals surface area contributed by atoms with Crippen molar-refractivity contribution in [3.8, 4) is 11.5 Å². The van der Waals surface area contributed by atoms with Gasteiger partial charge in [0.1, 0.15) is 6.26 Å². The third-order valence-electron chi connectivity index (χ3n) is 4.04. The van der Waals surface area contributed by atoms with Crippen molar-refractivity contribution >= 4 is 10.0 Å². The molecule has 0 N–H and O–H groups in total.